The van der Waals surface area contributed by atoms with E-state index in [-0.39, 0.29) is 0 Å². The normalized spacial score (nSPS) is 20.2. The van der Waals surface area contributed by atoms with Crippen molar-refractivity contribution in [2.24, 2.45) is 5.84 Å². The molecular weight excluding hydrogens is 254 g/mol. The predicted molar refractivity (Wildman–Crippen MR) is 66.2 cm³/mol. The van der Waals surface area contributed by atoms with Crippen LogP contribution in [-0.2, 0) is 9.47 Å². The van der Waals surface area contributed by atoms with Gasteiger partial charge in [-0.1, -0.05) is 6.07 Å². The van der Waals surface area contributed by atoms with Crippen molar-refractivity contribution in [2.45, 2.75) is 24.5 Å². The zero-order chi connectivity index (χ0) is 13.9. The van der Waals surface area contributed by atoms with Crippen molar-refractivity contribution < 1.29 is 18.3 Å². The number of ether oxygens (including phenoxy) is 2. The van der Waals surface area contributed by atoms with E-state index in [2.05, 4.69) is 5.43 Å². The quantitative estimate of drug-likeness (QED) is 0.646. The number of benzene rings is 1. The molecular formula is C13H18F2N2O2. The fourth-order valence-electron chi connectivity index (χ4n) is 2.57. The van der Waals surface area contributed by atoms with E-state index in [4.69, 9.17) is 15.3 Å². The molecule has 4 nitrogen and oxygen atoms in total. The molecule has 1 unspecified atom stereocenters. The van der Waals surface area contributed by atoms with E-state index in [1.165, 1.54) is 6.07 Å². The molecule has 2 rings (SSSR count). The van der Waals surface area contributed by atoms with Gasteiger partial charge in [0.05, 0.1) is 11.6 Å². The van der Waals surface area contributed by atoms with Crippen molar-refractivity contribution in [2.75, 3.05) is 20.3 Å². The van der Waals surface area contributed by atoms with Crippen LogP contribution in [0.2, 0.25) is 0 Å². The Morgan fingerprint density at radius 1 is 1.32 bits per heavy atom. The maximum absolute atomic E-state index is 13.4. The van der Waals surface area contributed by atoms with Crippen molar-refractivity contribution >= 4 is 0 Å². The maximum atomic E-state index is 13.4. The van der Waals surface area contributed by atoms with Gasteiger partial charge in [0.25, 0.3) is 0 Å². The van der Waals surface area contributed by atoms with Gasteiger partial charge in [0.1, 0.15) is 0 Å². The summed E-state index contributed by atoms with van der Waals surface area (Å²) < 4.78 is 37.3. The lowest BCUT2D eigenvalue weighted by atomic mass is 9.82. The van der Waals surface area contributed by atoms with Gasteiger partial charge >= 0.3 is 0 Å². The molecule has 1 atom stereocenters. The molecule has 1 aromatic rings. The van der Waals surface area contributed by atoms with Crippen molar-refractivity contribution in [1.29, 1.82) is 0 Å². The third-order valence-electron chi connectivity index (χ3n) is 3.72. The SMILES string of the molecule is COC1(C(NN)c2ccc(F)c(F)c2)CCOCC1. The fourth-order valence-corrected chi connectivity index (χ4v) is 2.57. The minimum Gasteiger partial charge on any atom is -0.381 e. The highest BCUT2D eigenvalue weighted by atomic mass is 19.2. The molecule has 0 radical (unpaired) electrons. The van der Waals surface area contributed by atoms with Gasteiger partial charge in [-0.2, -0.15) is 0 Å². The molecule has 0 spiro atoms. The Kier molecular flexibility index (Phi) is 4.46. The zero-order valence-corrected chi connectivity index (χ0v) is 10.8. The Hall–Kier alpha value is -1.08. The highest BCUT2D eigenvalue weighted by Crippen LogP contribution is 2.37. The van der Waals surface area contributed by atoms with Crippen LogP contribution in [0.3, 0.4) is 0 Å². The van der Waals surface area contributed by atoms with Gasteiger partial charge in [0.2, 0.25) is 0 Å². The second-order valence-electron chi connectivity index (χ2n) is 4.65. The van der Waals surface area contributed by atoms with E-state index in [1.807, 2.05) is 0 Å². The van der Waals surface area contributed by atoms with Gasteiger partial charge in [-0.15, -0.1) is 0 Å². The number of methoxy groups -OCH3 is 1. The summed E-state index contributed by atoms with van der Waals surface area (Å²) in [5.74, 6) is 3.83. The first-order chi connectivity index (χ1) is 9.13. The fraction of sp³-hybridized carbons (Fsp3) is 0.538. The largest absolute Gasteiger partial charge is 0.381 e. The van der Waals surface area contributed by atoms with Crippen LogP contribution in [0.1, 0.15) is 24.4 Å². The summed E-state index contributed by atoms with van der Waals surface area (Å²) in [4.78, 5) is 0. The van der Waals surface area contributed by atoms with Crippen molar-refractivity contribution in [3.05, 3.63) is 35.4 Å². The van der Waals surface area contributed by atoms with Crippen LogP contribution >= 0.6 is 0 Å². The molecule has 0 saturated carbocycles. The molecule has 0 bridgehead atoms. The highest BCUT2D eigenvalue weighted by Gasteiger charge is 2.41. The molecule has 0 aliphatic carbocycles. The molecule has 1 saturated heterocycles. The summed E-state index contributed by atoms with van der Waals surface area (Å²) in [5.41, 5.74) is 2.65. The van der Waals surface area contributed by atoms with Gasteiger partial charge in [0, 0.05) is 33.2 Å². The first kappa shape index (κ1) is 14.3. The molecule has 106 valence electrons. The molecule has 1 fully saturated rings. The number of hydrazine groups is 1. The Balaban J connectivity index is 2.33. The predicted octanol–water partition coefficient (Wildman–Crippen LogP) is 1.66. The number of rotatable bonds is 4. The Morgan fingerprint density at radius 2 is 2.00 bits per heavy atom. The molecule has 1 aromatic carbocycles. The van der Waals surface area contributed by atoms with Gasteiger partial charge in [-0.05, 0) is 17.7 Å². The molecule has 1 heterocycles. The van der Waals surface area contributed by atoms with Crippen LogP contribution in [-0.4, -0.2) is 25.9 Å². The smallest absolute Gasteiger partial charge is 0.159 e. The topological polar surface area (TPSA) is 56.5 Å². The maximum Gasteiger partial charge on any atom is 0.159 e. The number of hydrogen-bond acceptors (Lipinski definition) is 4. The lowest BCUT2D eigenvalue weighted by molar-refractivity contribution is -0.111. The summed E-state index contributed by atoms with van der Waals surface area (Å²) in [6, 6.07) is 3.34. The zero-order valence-electron chi connectivity index (χ0n) is 10.8. The molecule has 0 aromatic heterocycles. The molecule has 0 amide bonds. The van der Waals surface area contributed by atoms with E-state index in [1.54, 1.807) is 7.11 Å². The second kappa shape index (κ2) is 5.92. The monoisotopic (exact) mass is 272 g/mol. The van der Waals surface area contributed by atoms with Crippen molar-refractivity contribution in [1.82, 2.24) is 5.43 Å². The summed E-state index contributed by atoms with van der Waals surface area (Å²) in [6.07, 6.45) is 1.27. The summed E-state index contributed by atoms with van der Waals surface area (Å²) in [7, 11) is 1.59. The van der Waals surface area contributed by atoms with Gasteiger partial charge < -0.3 is 9.47 Å². The van der Waals surface area contributed by atoms with E-state index in [9.17, 15) is 8.78 Å². The van der Waals surface area contributed by atoms with Gasteiger partial charge in [0.15, 0.2) is 11.6 Å². The van der Waals surface area contributed by atoms with E-state index >= 15 is 0 Å². The van der Waals surface area contributed by atoms with E-state index in [0.29, 0.717) is 31.6 Å². The lowest BCUT2D eigenvalue weighted by Gasteiger charge is -2.42. The third kappa shape index (κ3) is 2.76. The van der Waals surface area contributed by atoms with Crippen LogP contribution in [0.25, 0.3) is 0 Å². The Labute approximate surface area is 110 Å². The lowest BCUT2D eigenvalue weighted by Crippen LogP contribution is -2.51. The highest BCUT2D eigenvalue weighted by molar-refractivity contribution is 5.24. The molecule has 6 heteroatoms. The van der Waals surface area contributed by atoms with Crippen LogP contribution in [0.5, 0.6) is 0 Å². The minimum absolute atomic E-state index is 0.420. The minimum atomic E-state index is -0.893. The number of nitrogens with two attached hydrogens (primary N) is 1. The average Bonchev–Trinajstić information content (AvgIpc) is 2.44. The standard InChI is InChI=1S/C13H18F2N2O2/c1-18-13(4-6-19-7-5-13)12(17-16)9-2-3-10(14)11(15)8-9/h2-3,8,12,17H,4-7,16H2,1H3. The Morgan fingerprint density at radius 3 is 2.53 bits per heavy atom. The van der Waals surface area contributed by atoms with Crippen molar-refractivity contribution in [3.8, 4) is 0 Å². The van der Waals surface area contributed by atoms with Gasteiger partial charge in [-0.25, -0.2) is 8.78 Å². The average molecular weight is 272 g/mol. The van der Waals surface area contributed by atoms with Gasteiger partial charge in [-0.3, -0.25) is 11.3 Å². The third-order valence-corrected chi connectivity index (χ3v) is 3.72. The number of hydrogen-bond donors (Lipinski definition) is 2. The Bertz CT molecular complexity index is 437. The summed E-state index contributed by atoms with van der Waals surface area (Å²) >= 11 is 0. The number of halogens is 2. The molecule has 3 N–H and O–H groups in total. The van der Waals surface area contributed by atoms with Crippen LogP contribution in [0.4, 0.5) is 8.78 Å². The molecule has 1 aliphatic rings. The number of nitrogens with one attached hydrogen (secondary N) is 1. The van der Waals surface area contributed by atoms with E-state index in [0.717, 1.165) is 12.1 Å². The van der Waals surface area contributed by atoms with Crippen LogP contribution < -0.4 is 11.3 Å². The van der Waals surface area contributed by atoms with E-state index < -0.39 is 23.3 Å². The second-order valence-corrected chi connectivity index (χ2v) is 4.65. The first-order valence-electron chi connectivity index (χ1n) is 6.17. The van der Waals surface area contributed by atoms with Crippen molar-refractivity contribution in [3.63, 3.8) is 0 Å². The molecule has 19 heavy (non-hydrogen) atoms. The molecule has 1 aliphatic heterocycles. The first-order valence-corrected chi connectivity index (χ1v) is 6.17. The summed E-state index contributed by atoms with van der Waals surface area (Å²) in [5, 5.41) is 0. The van der Waals surface area contributed by atoms with Crippen LogP contribution in [0, 0.1) is 11.6 Å². The summed E-state index contributed by atoms with van der Waals surface area (Å²) in [6.45, 7) is 1.10. The van der Waals surface area contributed by atoms with Crippen LogP contribution in [0.15, 0.2) is 18.2 Å².